The fraction of sp³-hybridized carbons (Fsp3) is 0.448. The number of hydrogen-bond donors (Lipinski definition) is 0. The van der Waals surface area contributed by atoms with E-state index >= 15 is 0 Å². The van der Waals surface area contributed by atoms with Gasteiger partial charge in [0.1, 0.15) is 0 Å². The summed E-state index contributed by atoms with van der Waals surface area (Å²) in [7, 11) is 0. The lowest BCUT2D eigenvalue weighted by atomic mass is 9.95. The zero-order valence-electron chi connectivity index (χ0n) is 19.4. The fourth-order valence-electron chi connectivity index (χ4n) is 5.55. The second kappa shape index (κ2) is 10.5. The molecular formula is C29H37N3. The highest BCUT2D eigenvalue weighted by atomic mass is 15.3. The van der Waals surface area contributed by atoms with Crippen LogP contribution in [0.15, 0.2) is 60.7 Å². The first-order valence-electron chi connectivity index (χ1n) is 12.6. The normalized spacial score (nSPS) is 17.9. The van der Waals surface area contributed by atoms with Gasteiger partial charge in [-0.15, -0.1) is 0 Å². The van der Waals surface area contributed by atoms with Crippen LogP contribution in [0, 0.1) is 0 Å². The molecule has 0 radical (unpaired) electrons. The number of piperazine rings is 1. The van der Waals surface area contributed by atoms with E-state index < -0.39 is 0 Å². The number of nitrogens with zero attached hydrogens (tertiary/aromatic N) is 3. The van der Waals surface area contributed by atoms with Crippen LogP contribution in [0.4, 0.5) is 0 Å². The van der Waals surface area contributed by atoms with Crippen molar-refractivity contribution in [3.63, 3.8) is 0 Å². The van der Waals surface area contributed by atoms with Gasteiger partial charge in [-0.2, -0.15) is 0 Å². The third-order valence-corrected chi connectivity index (χ3v) is 7.33. The molecule has 168 valence electrons. The molecule has 3 heteroatoms. The van der Waals surface area contributed by atoms with E-state index in [4.69, 9.17) is 0 Å². The van der Waals surface area contributed by atoms with Crippen LogP contribution >= 0.6 is 0 Å². The van der Waals surface area contributed by atoms with E-state index in [9.17, 15) is 0 Å². The highest BCUT2D eigenvalue weighted by Crippen LogP contribution is 2.32. The Kier molecular flexibility index (Phi) is 7.05. The maximum absolute atomic E-state index is 2.67. The minimum Gasteiger partial charge on any atom is -0.344 e. The van der Waals surface area contributed by atoms with Gasteiger partial charge in [-0.05, 0) is 62.3 Å². The smallest absolute Gasteiger partial charge is 0.0485 e. The molecule has 2 aliphatic rings. The van der Waals surface area contributed by atoms with Crippen molar-refractivity contribution >= 4 is 17.0 Å². The number of benzene rings is 2. The largest absolute Gasteiger partial charge is 0.344 e. The second-order valence-electron chi connectivity index (χ2n) is 9.46. The molecule has 0 N–H and O–H groups in total. The van der Waals surface area contributed by atoms with E-state index in [1.807, 2.05) is 0 Å². The molecule has 0 atom stereocenters. The fourth-order valence-corrected chi connectivity index (χ4v) is 5.55. The van der Waals surface area contributed by atoms with E-state index in [2.05, 4.69) is 81.1 Å². The van der Waals surface area contributed by atoms with Crippen molar-refractivity contribution in [3.05, 3.63) is 77.5 Å². The molecule has 5 rings (SSSR count). The average molecular weight is 428 g/mol. The summed E-state index contributed by atoms with van der Waals surface area (Å²) < 4.78 is 2.65. The van der Waals surface area contributed by atoms with Crippen LogP contribution in [-0.4, -0.2) is 53.6 Å². The van der Waals surface area contributed by atoms with Crippen molar-refractivity contribution in [2.45, 2.75) is 45.1 Å². The van der Waals surface area contributed by atoms with Crippen molar-refractivity contribution in [1.82, 2.24) is 14.4 Å². The topological polar surface area (TPSA) is 11.4 Å². The number of fused-ring (bicyclic) bond motifs is 3. The summed E-state index contributed by atoms with van der Waals surface area (Å²) in [4.78, 5) is 5.24. The predicted octanol–water partition coefficient (Wildman–Crippen LogP) is 5.63. The molecule has 1 fully saturated rings. The first kappa shape index (κ1) is 21.5. The van der Waals surface area contributed by atoms with Gasteiger partial charge in [0.05, 0.1) is 0 Å². The number of para-hydroxylation sites is 1. The minimum atomic E-state index is 1.06. The van der Waals surface area contributed by atoms with Gasteiger partial charge in [-0.3, -0.25) is 4.90 Å². The summed E-state index contributed by atoms with van der Waals surface area (Å²) in [5, 5.41) is 1.51. The first-order valence-corrected chi connectivity index (χ1v) is 12.6. The van der Waals surface area contributed by atoms with Gasteiger partial charge in [-0.25, -0.2) is 0 Å². The summed E-state index contributed by atoms with van der Waals surface area (Å²) >= 11 is 0. The molecule has 1 aromatic heterocycles. The van der Waals surface area contributed by atoms with Gasteiger partial charge in [0.25, 0.3) is 0 Å². The number of aryl methyl sites for hydroxylation is 2. The molecule has 2 aromatic carbocycles. The Balaban J connectivity index is 1.06. The van der Waals surface area contributed by atoms with Gasteiger partial charge in [0.15, 0.2) is 0 Å². The molecule has 1 aliphatic heterocycles. The molecule has 0 saturated carbocycles. The molecule has 0 bridgehead atoms. The standard InChI is InChI=1S/C29H37N3/c1-2-11-25(12-3-1)13-10-19-31-23-21-30(22-24-31)18-8-9-20-32-28-16-6-4-14-26(28)27-15-5-7-17-29(27)32/h1-4,6,10-14,16H,5,7-9,15,17-24H2/b13-10+. The summed E-state index contributed by atoms with van der Waals surface area (Å²) in [5.74, 6) is 0. The summed E-state index contributed by atoms with van der Waals surface area (Å²) in [6, 6.07) is 19.7. The van der Waals surface area contributed by atoms with Crippen LogP contribution < -0.4 is 0 Å². The van der Waals surface area contributed by atoms with Crippen LogP contribution in [-0.2, 0) is 19.4 Å². The number of hydrogen-bond acceptors (Lipinski definition) is 2. The van der Waals surface area contributed by atoms with Gasteiger partial charge < -0.3 is 9.47 Å². The van der Waals surface area contributed by atoms with E-state index in [1.165, 1.54) is 94.3 Å². The Morgan fingerprint density at radius 3 is 2.31 bits per heavy atom. The zero-order valence-corrected chi connectivity index (χ0v) is 19.4. The lowest BCUT2D eigenvalue weighted by Gasteiger charge is -2.34. The molecule has 0 spiro atoms. The first-order chi connectivity index (χ1) is 15.9. The summed E-state index contributed by atoms with van der Waals surface area (Å²) in [6.07, 6.45) is 12.4. The lowest BCUT2D eigenvalue weighted by molar-refractivity contribution is 0.140. The molecule has 0 unspecified atom stereocenters. The van der Waals surface area contributed by atoms with Gasteiger partial charge >= 0.3 is 0 Å². The SMILES string of the molecule is C(=C\c1ccccc1)/CN1CCN(CCCCn2c3c(c4ccccc42)CCCC3)CC1. The molecule has 3 aromatic rings. The second-order valence-corrected chi connectivity index (χ2v) is 9.46. The third kappa shape index (κ3) is 5.00. The Bertz CT molecular complexity index is 1030. The van der Waals surface area contributed by atoms with E-state index in [-0.39, 0.29) is 0 Å². The van der Waals surface area contributed by atoms with Crippen LogP contribution in [0.2, 0.25) is 0 Å². The molecule has 2 heterocycles. The van der Waals surface area contributed by atoms with Crippen molar-refractivity contribution in [3.8, 4) is 0 Å². The molecule has 1 aliphatic carbocycles. The number of aromatic nitrogens is 1. The van der Waals surface area contributed by atoms with Crippen LogP contribution in [0.25, 0.3) is 17.0 Å². The summed E-state index contributed by atoms with van der Waals surface area (Å²) in [6.45, 7) is 8.29. The quantitative estimate of drug-likeness (QED) is 0.432. The minimum absolute atomic E-state index is 1.06. The van der Waals surface area contributed by atoms with Crippen molar-refractivity contribution < 1.29 is 0 Å². The Hall–Kier alpha value is -2.36. The molecule has 1 saturated heterocycles. The Morgan fingerprint density at radius 2 is 1.44 bits per heavy atom. The zero-order chi connectivity index (χ0) is 21.6. The average Bonchev–Trinajstić information content (AvgIpc) is 3.17. The Morgan fingerprint density at radius 1 is 0.719 bits per heavy atom. The van der Waals surface area contributed by atoms with Crippen LogP contribution in [0.3, 0.4) is 0 Å². The maximum Gasteiger partial charge on any atom is 0.0485 e. The molecule has 32 heavy (non-hydrogen) atoms. The number of rotatable bonds is 8. The van der Waals surface area contributed by atoms with Gasteiger partial charge in [0.2, 0.25) is 0 Å². The van der Waals surface area contributed by atoms with E-state index in [0.717, 1.165) is 6.54 Å². The van der Waals surface area contributed by atoms with Crippen molar-refractivity contribution in [2.24, 2.45) is 0 Å². The molecule has 3 nitrogen and oxygen atoms in total. The highest BCUT2D eigenvalue weighted by Gasteiger charge is 2.19. The molecule has 0 amide bonds. The number of unbranched alkanes of at least 4 members (excludes halogenated alkanes) is 1. The predicted molar refractivity (Wildman–Crippen MR) is 136 cm³/mol. The monoisotopic (exact) mass is 427 g/mol. The lowest BCUT2D eigenvalue weighted by Crippen LogP contribution is -2.46. The van der Waals surface area contributed by atoms with E-state index in [1.54, 1.807) is 11.3 Å². The van der Waals surface area contributed by atoms with Crippen molar-refractivity contribution in [1.29, 1.82) is 0 Å². The van der Waals surface area contributed by atoms with Crippen LogP contribution in [0.1, 0.15) is 42.5 Å². The van der Waals surface area contributed by atoms with Crippen molar-refractivity contribution in [2.75, 3.05) is 39.3 Å². The maximum atomic E-state index is 2.67. The third-order valence-electron chi connectivity index (χ3n) is 7.33. The highest BCUT2D eigenvalue weighted by molar-refractivity contribution is 5.85. The summed E-state index contributed by atoms with van der Waals surface area (Å²) in [5.41, 5.74) is 6.04. The van der Waals surface area contributed by atoms with Crippen LogP contribution in [0.5, 0.6) is 0 Å². The molecular weight excluding hydrogens is 390 g/mol. The van der Waals surface area contributed by atoms with Gasteiger partial charge in [0, 0.05) is 55.9 Å². The Labute approximate surface area is 193 Å². The van der Waals surface area contributed by atoms with Gasteiger partial charge in [-0.1, -0.05) is 60.7 Å². The van der Waals surface area contributed by atoms with E-state index in [0.29, 0.717) is 0 Å².